The Morgan fingerprint density at radius 1 is 1.14 bits per heavy atom. The van der Waals surface area contributed by atoms with E-state index >= 15 is 0 Å². The molecule has 0 radical (unpaired) electrons. The molecule has 21 heavy (non-hydrogen) atoms. The molecular weight excluding hydrogens is 285 g/mol. The zero-order valence-corrected chi connectivity index (χ0v) is 10.6. The lowest BCUT2D eigenvalue weighted by atomic mass is 10.2. The van der Waals surface area contributed by atoms with Crippen LogP contribution >= 0.6 is 0 Å². The van der Waals surface area contributed by atoms with Gasteiger partial charge in [-0.1, -0.05) is 0 Å². The van der Waals surface area contributed by atoms with E-state index in [1.807, 2.05) is 0 Å². The number of rotatable bonds is 3. The summed E-state index contributed by atoms with van der Waals surface area (Å²) in [6.45, 7) is 0. The molecule has 8 heteroatoms. The summed E-state index contributed by atoms with van der Waals surface area (Å²) < 4.78 is 37.4. The minimum Gasteiger partial charge on any atom is -0.340 e. The Hall–Kier alpha value is -2.61. The minimum atomic E-state index is -4.39. The monoisotopic (exact) mass is 296 g/mol. The van der Waals surface area contributed by atoms with Gasteiger partial charge in [0, 0.05) is 11.9 Å². The topological polar surface area (TPSA) is 81.0 Å². The quantitative estimate of drug-likeness (QED) is 0.398. The van der Waals surface area contributed by atoms with Crippen molar-refractivity contribution in [2.45, 2.75) is 6.18 Å². The average molecular weight is 296 g/mol. The lowest BCUT2D eigenvalue weighted by Crippen LogP contribution is -2.20. The van der Waals surface area contributed by atoms with Gasteiger partial charge >= 0.3 is 6.18 Å². The fourth-order valence-corrected chi connectivity index (χ4v) is 1.65. The summed E-state index contributed by atoms with van der Waals surface area (Å²) in [6.07, 6.45) is -2.93. The van der Waals surface area contributed by atoms with Crippen LogP contribution in [0.5, 0.6) is 0 Å². The summed E-state index contributed by atoms with van der Waals surface area (Å²) in [5.74, 6) is -0.0404. The van der Waals surface area contributed by atoms with Crippen molar-refractivity contribution in [3.8, 4) is 0 Å². The normalized spacial score (nSPS) is 11.0. The second kappa shape index (κ2) is 5.80. The van der Waals surface area contributed by atoms with Gasteiger partial charge in [0.15, 0.2) is 5.84 Å². The van der Waals surface area contributed by atoms with E-state index in [4.69, 9.17) is 10.6 Å². The van der Waals surface area contributed by atoms with E-state index < -0.39 is 11.7 Å². The summed E-state index contributed by atoms with van der Waals surface area (Å²) in [7, 11) is 0. The largest absolute Gasteiger partial charge is 0.416 e. The number of benzene rings is 1. The zero-order valence-electron chi connectivity index (χ0n) is 10.6. The first-order valence-electron chi connectivity index (χ1n) is 5.80. The third kappa shape index (κ3) is 3.48. The van der Waals surface area contributed by atoms with Crippen molar-refractivity contribution in [1.82, 2.24) is 10.5 Å². The highest BCUT2D eigenvalue weighted by Gasteiger charge is 2.29. The Labute approximate surface area is 117 Å². The van der Waals surface area contributed by atoms with Crippen LogP contribution in [0.15, 0.2) is 42.6 Å². The number of halogens is 3. The van der Waals surface area contributed by atoms with Crippen LogP contribution in [-0.4, -0.2) is 16.0 Å². The number of hydrogen-bond donors (Lipinski definition) is 4. The molecule has 110 valence electrons. The number of hydroxylamine groups is 1. The molecule has 0 aliphatic heterocycles. The van der Waals surface area contributed by atoms with Crippen LogP contribution < -0.4 is 10.8 Å². The lowest BCUT2D eigenvalue weighted by molar-refractivity contribution is -0.137. The Morgan fingerprint density at radius 3 is 2.38 bits per heavy atom. The van der Waals surface area contributed by atoms with E-state index in [0.29, 0.717) is 5.69 Å². The van der Waals surface area contributed by atoms with Gasteiger partial charge in [-0.15, -0.1) is 0 Å². The summed E-state index contributed by atoms with van der Waals surface area (Å²) >= 11 is 0. The zero-order chi connectivity index (χ0) is 15.5. The Balaban J connectivity index is 2.25. The highest BCUT2D eigenvalue weighted by molar-refractivity contribution is 6.00. The van der Waals surface area contributed by atoms with Crippen LogP contribution in [0.2, 0.25) is 0 Å². The van der Waals surface area contributed by atoms with Gasteiger partial charge in [-0.05, 0) is 36.4 Å². The summed E-state index contributed by atoms with van der Waals surface area (Å²) in [6, 6.07) is 7.51. The molecule has 1 heterocycles. The molecule has 1 aromatic heterocycles. The van der Waals surface area contributed by atoms with Crippen molar-refractivity contribution in [2.75, 3.05) is 5.32 Å². The first-order chi connectivity index (χ1) is 9.91. The third-order valence-corrected chi connectivity index (χ3v) is 2.66. The number of pyridine rings is 1. The molecule has 0 saturated heterocycles. The molecule has 0 unspecified atom stereocenters. The van der Waals surface area contributed by atoms with Gasteiger partial charge in [-0.25, -0.2) is 4.98 Å². The van der Waals surface area contributed by atoms with Crippen molar-refractivity contribution in [3.05, 3.63) is 53.7 Å². The SMILES string of the molecule is N=C(NO)c1cccnc1Nc1ccc(C(F)(F)F)cc1. The van der Waals surface area contributed by atoms with Crippen molar-refractivity contribution in [2.24, 2.45) is 0 Å². The van der Waals surface area contributed by atoms with Gasteiger partial charge in [-0.2, -0.15) is 13.2 Å². The molecule has 0 atom stereocenters. The maximum absolute atomic E-state index is 12.5. The van der Waals surface area contributed by atoms with Crippen molar-refractivity contribution < 1.29 is 18.4 Å². The molecule has 0 aliphatic carbocycles. The molecule has 4 N–H and O–H groups in total. The fourth-order valence-electron chi connectivity index (χ4n) is 1.65. The van der Waals surface area contributed by atoms with E-state index in [9.17, 15) is 13.2 Å². The standard InChI is InChI=1S/C13H11F3N4O/c14-13(15,16)8-3-5-9(6-4-8)19-12-10(11(17)20-21)2-1-7-18-12/h1-7,21H,(H2,17,20)(H,18,19). The molecular formula is C13H11F3N4O. The highest BCUT2D eigenvalue weighted by Crippen LogP contribution is 2.30. The summed E-state index contributed by atoms with van der Waals surface area (Å²) in [5, 5.41) is 19.1. The van der Waals surface area contributed by atoms with Gasteiger partial charge < -0.3 is 5.32 Å². The van der Waals surface area contributed by atoms with Gasteiger partial charge in [0.25, 0.3) is 0 Å². The first-order valence-corrected chi connectivity index (χ1v) is 5.80. The summed E-state index contributed by atoms with van der Waals surface area (Å²) in [4.78, 5) is 3.99. The molecule has 0 saturated carbocycles. The van der Waals surface area contributed by atoms with Gasteiger partial charge in [0.2, 0.25) is 0 Å². The van der Waals surface area contributed by atoms with Crippen LogP contribution in [0.25, 0.3) is 0 Å². The molecule has 5 nitrogen and oxygen atoms in total. The lowest BCUT2D eigenvalue weighted by Gasteiger charge is -2.12. The predicted octanol–water partition coefficient (Wildman–Crippen LogP) is 3.15. The first kappa shape index (κ1) is 14.8. The predicted molar refractivity (Wildman–Crippen MR) is 70.7 cm³/mol. The minimum absolute atomic E-state index is 0.240. The molecule has 2 aromatic rings. The Morgan fingerprint density at radius 2 is 1.81 bits per heavy atom. The number of aromatic nitrogens is 1. The molecule has 2 rings (SSSR count). The second-order valence-electron chi connectivity index (χ2n) is 4.09. The van der Waals surface area contributed by atoms with E-state index in [1.54, 1.807) is 11.5 Å². The van der Waals surface area contributed by atoms with Crippen LogP contribution in [0.1, 0.15) is 11.1 Å². The highest BCUT2D eigenvalue weighted by atomic mass is 19.4. The van der Waals surface area contributed by atoms with Gasteiger partial charge in [0.1, 0.15) is 5.82 Å². The molecule has 0 amide bonds. The smallest absolute Gasteiger partial charge is 0.340 e. The number of anilines is 2. The van der Waals surface area contributed by atoms with Gasteiger partial charge in [-0.3, -0.25) is 16.1 Å². The number of hydrogen-bond acceptors (Lipinski definition) is 4. The molecule has 1 aromatic carbocycles. The maximum Gasteiger partial charge on any atom is 0.416 e. The van der Waals surface area contributed by atoms with Crippen LogP contribution in [0.4, 0.5) is 24.7 Å². The Bertz CT molecular complexity index is 641. The van der Waals surface area contributed by atoms with Crippen LogP contribution in [-0.2, 0) is 6.18 Å². The van der Waals surface area contributed by atoms with E-state index in [0.717, 1.165) is 12.1 Å². The average Bonchev–Trinajstić information content (AvgIpc) is 2.46. The molecule has 0 aliphatic rings. The third-order valence-electron chi connectivity index (χ3n) is 2.66. The van der Waals surface area contributed by atoms with Gasteiger partial charge in [0.05, 0.1) is 11.1 Å². The number of nitrogens with one attached hydrogen (secondary N) is 3. The number of alkyl halides is 3. The van der Waals surface area contributed by atoms with E-state index in [1.165, 1.54) is 24.4 Å². The van der Waals surface area contributed by atoms with Crippen LogP contribution in [0.3, 0.4) is 0 Å². The van der Waals surface area contributed by atoms with Crippen molar-refractivity contribution in [3.63, 3.8) is 0 Å². The fraction of sp³-hybridized carbons (Fsp3) is 0.0769. The molecule has 0 spiro atoms. The second-order valence-corrected chi connectivity index (χ2v) is 4.09. The summed E-state index contributed by atoms with van der Waals surface area (Å²) in [5.41, 5.74) is 1.60. The van der Waals surface area contributed by atoms with Crippen molar-refractivity contribution in [1.29, 1.82) is 5.41 Å². The van der Waals surface area contributed by atoms with Crippen LogP contribution in [0, 0.1) is 5.41 Å². The number of nitrogens with zero attached hydrogens (tertiary/aromatic N) is 1. The molecule has 0 fully saturated rings. The number of amidine groups is 1. The van der Waals surface area contributed by atoms with E-state index in [-0.39, 0.29) is 17.2 Å². The van der Waals surface area contributed by atoms with Crippen molar-refractivity contribution >= 4 is 17.3 Å². The maximum atomic E-state index is 12.5. The molecule has 0 bridgehead atoms. The van der Waals surface area contributed by atoms with E-state index in [2.05, 4.69) is 10.3 Å². The Kier molecular flexibility index (Phi) is 4.08.